The number of rotatable bonds is 3. The number of amides is 1. The summed E-state index contributed by atoms with van der Waals surface area (Å²) in [6, 6.07) is 6.72. The van der Waals surface area contributed by atoms with Gasteiger partial charge in [-0.3, -0.25) is 4.79 Å². The van der Waals surface area contributed by atoms with Crippen molar-refractivity contribution in [3.8, 4) is 0 Å². The molecule has 1 aromatic heterocycles. The van der Waals surface area contributed by atoms with Crippen LogP contribution >= 0.6 is 0 Å². The smallest absolute Gasteiger partial charge is 0.274 e. The molecular weight excluding hydrogens is 349 g/mol. The molecule has 27 heavy (non-hydrogen) atoms. The van der Waals surface area contributed by atoms with Crippen LogP contribution in [0.1, 0.15) is 10.5 Å². The second kappa shape index (κ2) is 7.87. The van der Waals surface area contributed by atoms with E-state index in [1.165, 1.54) is 12.3 Å². The van der Waals surface area contributed by atoms with E-state index in [1.807, 2.05) is 11.0 Å². The third-order valence-corrected chi connectivity index (χ3v) is 4.95. The van der Waals surface area contributed by atoms with E-state index in [4.69, 9.17) is 4.74 Å². The number of benzene rings is 1. The van der Waals surface area contributed by atoms with Crippen LogP contribution in [0.25, 0.3) is 0 Å². The van der Waals surface area contributed by atoms with Crippen molar-refractivity contribution in [2.24, 2.45) is 0 Å². The van der Waals surface area contributed by atoms with E-state index in [-0.39, 0.29) is 11.7 Å². The molecule has 142 valence electrons. The number of halogens is 1. The zero-order chi connectivity index (χ0) is 18.6. The second-order valence-electron chi connectivity index (χ2n) is 6.59. The zero-order valence-corrected chi connectivity index (χ0v) is 15.1. The normalized spacial score (nSPS) is 17.9. The van der Waals surface area contributed by atoms with Crippen molar-refractivity contribution in [3.05, 3.63) is 48.2 Å². The summed E-state index contributed by atoms with van der Waals surface area (Å²) in [4.78, 5) is 27.2. The molecule has 0 spiro atoms. The minimum atomic E-state index is -0.234. The quantitative estimate of drug-likeness (QED) is 0.813. The Morgan fingerprint density at radius 1 is 0.926 bits per heavy atom. The molecule has 0 radical (unpaired) electrons. The molecule has 2 fully saturated rings. The number of anilines is 2. The number of carbonyl (C=O) groups excluding carboxylic acids is 1. The lowest BCUT2D eigenvalue weighted by Crippen LogP contribution is -2.49. The molecule has 0 bridgehead atoms. The van der Waals surface area contributed by atoms with Gasteiger partial charge in [0.15, 0.2) is 0 Å². The maximum atomic E-state index is 13.9. The Morgan fingerprint density at radius 3 is 2.33 bits per heavy atom. The van der Waals surface area contributed by atoms with Crippen LogP contribution in [0.15, 0.2) is 36.7 Å². The molecule has 7 nitrogen and oxygen atoms in total. The van der Waals surface area contributed by atoms with Crippen LogP contribution in [-0.2, 0) is 4.74 Å². The van der Waals surface area contributed by atoms with Gasteiger partial charge in [0.2, 0.25) is 0 Å². The molecule has 0 unspecified atom stereocenters. The van der Waals surface area contributed by atoms with Crippen LogP contribution in [0, 0.1) is 5.82 Å². The highest BCUT2D eigenvalue weighted by Crippen LogP contribution is 2.20. The molecule has 4 rings (SSSR count). The number of morpholine rings is 1. The minimum absolute atomic E-state index is 0.135. The fourth-order valence-corrected chi connectivity index (χ4v) is 3.41. The average molecular weight is 371 g/mol. The standard InChI is InChI=1S/C19H22FN5O2/c20-15-3-1-2-4-17(15)23-5-7-25(8-6-23)19(26)16-13-22-18(14-21-16)24-9-11-27-12-10-24/h1-4,13-14H,5-12H2. The Bertz CT molecular complexity index is 787. The summed E-state index contributed by atoms with van der Waals surface area (Å²) >= 11 is 0. The van der Waals surface area contributed by atoms with Crippen molar-refractivity contribution >= 4 is 17.4 Å². The lowest BCUT2D eigenvalue weighted by atomic mass is 10.2. The van der Waals surface area contributed by atoms with E-state index in [0.29, 0.717) is 50.8 Å². The first-order chi connectivity index (χ1) is 13.2. The van der Waals surface area contributed by atoms with E-state index in [9.17, 15) is 9.18 Å². The number of piperazine rings is 1. The SMILES string of the molecule is O=C(c1cnc(N2CCOCC2)cn1)N1CCN(c2ccccc2F)CC1. The maximum absolute atomic E-state index is 13.9. The fraction of sp³-hybridized carbons (Fsp3) is 0.421. The summed E-state index contributed by atoms with van der Waals surface area (Å²) in [6.07, 6.45) is 3.19. The van der Waals surface area contributed by atoms with Crippen molar-refractivity contribution in [2.45, 2.75) is 0 Å². The largest absolute Gasteiger partial charge is 0.378 e. The average Bonchev–Trinajstić information content (AvgIpc) is 2.74. The number of para-hydroxylation sites is 1. The lowest BCUT2D eigenvalue weighted by molar-refractivity contribution is 0.0740. The van der Waals surface area contributed by atoms with Gasteiger partial charge in [-0.05, 0) is 12.1 Å². The molecule has 0 N–H and O–H groups in total. The third kappa shape index (κ3) is 3.85. The number of ether oxygens (including phenoxy) is 1. The van der Waals surface area contributed by atoms with Gasteiger partial charge in [-0.2, -0.15) is 0 Å². The van der Waals surface area contributed by atoms with Crippen LogP contribution in [0.5, 0.6) is 0 Å². The molecule has 2 aliphatic heterocycles. The van der Waals surface area contributed by atoms with Gasteiger partial charge in [-0.25, -0.2) is 14.4 Å². The molecule has 2 aliphatic rings. The van der Waals surface area contributed by atoms with Crippen molar-refractivity contribution in [1.82, 2.24) is 14.9 Å². The molecule has 8 heteroatoms. The van der Waals surface area contributed by atoms with Gasteiger partial charge in [-0.1, -0.05) is 12.1 Å². The molecule has 2 saturated heterocycles. The van der Waals surface area contributed by atoms with Crippen LogP contribution in [0.3, 0.4) is 0 Å². The number of hydrogen-bond donors (Lipinski definition) is 0. The number of carbonyl (C=O) groups is 1. The van der Waals surface area contributed by atoms with Gasteiger partial charge in [0.25, 0.3) is 5.91 Å². The number of hydrogen-bond acceptors (Lipinski definition) is 6. The summed E-state index contributed by atoms with van der Waals surface area (Å²) < 4.78 is 19.3. The Morgan fingerprint density at radius 2 is 1.67 bits per heavy atom. The van der Waals surface area contributed by atoms with Crippen molar-refractivity contribution in [3.63, 3.8) is 0 Å². The van der Waals surface area contributed by atoms with Gasteiger partial charge in [0.05, 0.1) is 31.3 Å². The summed E-state index contributed by atoms with van der Waals surface area (Å²) in [5, 5.41) is 0. The fourth-order valence-electron chi connectivity index (χ4n) is 3.41. The van der Waals surface area contributed by atoms with E-state index in [0.717, 1.165) is 18.9 Å². The molecular formula is C19H22FN5O2. The van der Waals surface area contributed by atoms with Crippen LogP contribution in [0.2, 0.25) is 0 Å². The van der Waals surface area contributed by atoms with Gasteiger partial charge in [0.1, 0.15) is 17.3 Å². The zero-order valence-electron chi connectivity index (χ0n) is 15.1. The Hall–Kier alpha value is -2.74. The maximum Gasteiger partial charge on any atom is 0.274 e. The van der Waals surface area contributed by atoms with E-state index in [2.05, 4.69) is 14.9 Å². The van der Waals surface area contributed by atoms with Crippen LogP contribution in [-0.4, -0.2) is 73.3 Å². The van der Waals surface area contributed by atoms with Gasteiger partial charge in [-0.15, -0.1) is 0 Å². The third-order valence-electron chi connectivity index (χ3n) is 4.95. The van der Waals surface area contributed by atoms with Gasteiger partial charge < -0.3 is 19.4 Å². The minimum Gasteiger partial charge on any atom is -0.378 e. The first kappa shape index (κ1) is 17.7. The summed E-state index contributed by atoms with van der Waals surface area (Å²) in [5.41, 5.74) is 0.922. The molecule has 1 aromatic carbocycles. The molecule has 1 amide bonds. The van der Waals surface area contributed by atoms with E-state index < -0.39 is 0 Å². The Kier molecular flexibility index (Phi) is 5.15. The Balaban J connectivity index is 1.37. The van der Waals surface area contributed by atoms with Crippen LogP contribution < -0.4 is 9.80 Å². The first-order valence-corrected chi connectivity index (χ1v) is 9.16. The van der Waals surface area contributed by atoms with Crippen molar-refractivity contribution < 1.29 is 13.9 Å². The van der Waals surface area contributed by atoms with E-state index >= 15 is 0 Å². The first-order valence-electron chi connectivity index (χ1n) is 9.16. The second-order valence-corrected chi connectivity index (χ2v) is 6.59. The highest BCUT2D eigenvalue weighted by molar-refractivity contribution is 5.92. The molecule has 2 aromatic rings. The molecule has 0 atom stereocenters. The van der Waals surface area contributed by atoms with Crippen LogP contribution in [0.4, 0.5) is 15.9 Å². The highest BCUT2D eigenvalue weighted by atomic mass is 19.1. The predicted molar refractivity (Wildman–Crippen MR) is 99.6 cm³/mol. The molecule has 0 saturated carbocycles. The number of nitrogens with zero attached hydrogens (tertiary/aromatic N) is 5. The summed E-state index contributed by atoms with van der Waals surface area (Å²) in [7, 11) is 0. The predicted octanol–water partition coefficient (Wildman–Crippen LogP) is 1.41. The van der Waals surface area contributed by atoms with Crippen molar-refractivity contribution in [1.29, 1.82) is 0 Å². The Labute approximate surface area is 157 Å². The van der Waals surface area contributed by atoms with E-state index in [1.54, 1.807) is 23.2 Å². The summed E-state index contributed by atoms with van der Waals surface area (Å²) in [6.45, 7) is 5.14. The number of aromatic nitrogens is 2. The molecule has 3 heterocycles. The highest BCUT2D eigenvalue weighted by Gasteiger charge is 2.24. The monoisotopic (exact) mass is 371 g/mol. The lowest BCUT2D eigenvalue weighted by Gasteiger charge is -2.36. The van der Waals surface area contributed by atoms with Gasteiger partial charge >= 0.3 is 0 Å². The molecule has 0 aliphatic carbocycles. The topological polar surface area (TPSA) is 61.8 Å². The van der Waals surface area contributed by atoms with Gasteiger partial charge in [0, 0.05) is 39.3 Å². The summed E-state index contributed by atoms with van der Waals surface area (Å²) in [5.74, 6) is 0.394. The van der Waals surface area contributed by atoms with Crippen molar-refractivity contribution in [2.75, 3.05) is 62.3 Å².